The van der Waals surface area contributed by atoms with Gasteiger partial charge in [0.15, 0.2) is 5.82 Å². The lowest BCUT2D eigenvalue weighted by Gasteiger charge is -2.02. The highest BCUT2D eigenvalue weighted by Gasteiger charge is 2.15. The third-order valence-corrected chi connectivity index (χ3v) is 4.41. The number of rotatable bonds is 6. The van der Waals surface area contributed by atoms with Crippen molar-refractivity contribution in [2.24, 2.45) is 10.2 Å². The molecule has 0 saturated heterocycles. The normalized spacial score (nSPS) is 11.9. The molecule has 3 rings (SSSR count). The van der Waals surface area contributed by atoms with Crippen molar-refractivity contribution in [3.8, 4) is 0 Å². The number of imidazole rings is 1. The van der Waals surface area contributed by atoms with Crippen molar-refractivity contribution in [2.75, 3.05) is 0 Å². The Labute approximate surface area is 149 Å². The molecule has 0 N–H and O–H groups in total. The van der Waals surface area contributed by atoms with Crippen molar-refractivity contribution < 1.29 is 0 Å². The Morgan fingerprint density at radius 1 is 1.08 bits per heavy atom. The number of azo groups is 1. The maximum absolute atomic E-state index is 4.78. The van der Waals surface area contributed by atoms with Gasteiger partial charge in [-0.25, -0.2) is 4.98 Å². The molecule has 0 spiro atoms. The summed E-state index contributed by atoms with van der Waals surface area (Å²) in [4.78, 5) is 4.78. The van der Waals surface area contributed by atoms with Crippen LogP contribution in [0, 0.1) is 6.92 Å². The number of benzene rings is 1. The summed E-state index contributed by atoms with van der Waals surface area (Å²) in [6, 6.07) is 12.5. The lowest BCUT2D eigenvalue weighted by Crippen LogP contribution is -1.87. The maximum atomic E-state index is 4.78. The van der Waals surface area contributed by atoms with Crippen LogP contribution < -0.4 is 0 Å². The first-order valence-electron chi connectivity index (χ1n) is 9.08. The Morgan fingerprint density at radius 2 is 1.84 bits per heavy atom. The van der Waals surface area contributed by atoms with Gasteiger partial charge in [0.25, 0.3) is 0 Å². The second-order valence-corrected chi connectivity index (χ2v) is 6.83. The number of unbranched alkanes of at least 4 members (excludes halogenated alkanes) is 1. The van der Waals surface area contributed by atoms with Crippen LogP contribution in [0.15, 0.2) is 52.8 Å². The summed E-state index contributed by atoms with van der Waals surface area (Å²) in [6.45, 7) is 8.56. The van der Waals surface area contributed by atoms with E-state index in [0.717, 1.165) is 34.8 Å². The number of pyridine rings is 1. The van der Waals surface area contributed by atoms with E-state index >= 15 is 0 Å². The van der Waals surface area contributed by atoms with Gasteiger partial charge in [-0.2, -0.15) is 0 Å². The maximum Gasteiger partial charge on any atom is 0.183 e. The highest BCUT2D eigenvalue weighted by molar-refractivity contribution is 5.57. The van der Waals surface area contributed by atoms with Crippen molar-refractivity contribution >= 4 is 17.2 Å². The molecule has 130 valence electrons. The monoisotopic (exact) mass is 334 g/mol. The Bertz CT molecular complexity index is 873. The molecule has 0 atom stereocenters. The van der Waals surface area contributed by atoms with E-state index in [1.54, 1.807) is 0 Å². The largest absolute Gasteiger partial charge is 0.283 e. The van der Waals surface area contributed by atoms with Gasteiger partial charge in [0.2, 0.25) is 0 Å². The molecular weight excluding hydrogens is 308 g/mol. The molecule has 1 aromatic carbocycles. The molecule has 3 aromatic rings. The topological polar surface area (TPSA) is 42.0 Å². The van der Waals surface area contributed by atoms with Crippen molar-refractivity contribution in [2.45, 2.75) is 52.9 Å². The lowest BCUT2D eigenvalue weighted by molar-refractivity contribution is 0.795. The van der Waals surface area contributed by atoms with Gasteiger partial charge in [-0.1, -0.05) is 45.4 Å². The molecule has 4 nitrogen and oxygen atoms in total. The average molecular weight is 334 g/mol. The van der Waals surface area contributed by atoms with Crippen molar-refractivity contribution in [3.05, 3.63) is 59.4 Å². The van der Waals surface area contributed by atoms with Crippen LogP contribution in [0.5, 0.6) is 0 Å². The standard InChI is InChI=1S/C21H26N4/c1-5-6-9-17-10-12-18(13-11-17)23-24-21-19(15(2)3)22-20-16(4)8-7-14-25(20)21/h7-8,10-15H,5-6,9H2,1-4H3. The highest BCUT2D eigenvalue weighted by atomic mass is 15.2. The van der Waals surface area contributed by atoms with E-state index in [-0.39, 0.29) is 0 Å². The number of aromatic nitrogens is 2. The number of hydrogen-bond donors (Lipinski definition) is 0. The molecule has 25 heavy (non-hydrogen) atoms. The van der Waals surface area contributed by atoms with E-state index in [4.69, 9.17) is 4.98 Å². The molecule has 0 aliphatic heterocycles. The molecule has 4 heteroatoms. The smallest absolute Gasteiger partial charge is 0.183 e. The summed E-state index contributed by atoms with van der Waals surface area (Å²) in [6.07, 6.45) is 5.56. The van der Waals surface area contributed by atoms with Crippen LogP contribution >= 0.6 is 0 Å². The van der Waals surface area contributed by atoms with Crippen LogP contribution in [0.2, 0.25) is 0 Å². The fraction of sp³-hybridized carbons (Fsp3) is 0.381. The molecule has 0 unspecified atom stereocenters. The minimum absolute atomic E-state index is 0.296. The van der Waals surface area contributed by atoms with E-state index in [9.17, 15) is 0 Å². The van der Waals surface area contributed by atoms with E-state index in [1.165, 1.54) is 18.4 Å². The first-order chi connectivity index (χ1) is 12.1. The van der Waals surface area contributed by atoms with Gasteiger partial charge in [-0.05, 0) is 55.0 Å². The molecule has 2 heterocycles. The first-order valence-corrected chi connectivity index (χ1v) is 9.08. The number of hydrogen-bond acceptors (Lipinski definition) is 3. The molecular formula is C21H26N4. The fourth-order valence-corrected chi connectivity index (χ4v) is 2.91. The SMILES string of the molecule is CCCCc1ccc(N=Nc2c(C(C)C)nc3c(C)cccn23)cc1. The van der Waals surface area contributed by atoms with Crippen LogP contribution in [0.25, 0.3) is 5.65 Å². The molecule has 0 amide bonds. The minimum atomic E-state index is 0.296. The molecule has 0 fully saturated rings. The van der Waals surface area contributed by atoms with Gasteiger partial charge < -0.3 is 0 Å². The highest BCUT2D eigenvalue weighted by Crippen LogP contribution is 2.30. The van der Waals surface area contributed by atoms with E-state index in [0.29, 0.717) is 5.92 Å². The summed E-state index contributed by atoms with van der Waals surface area (Å²) in [5, 5.41) is 9.00. The van der Waals surface area contributed by atoms with Crippen LogP contribution in [0.1, 0.15) is 56.4 Å². The van der Waals surface area contributed by atoms with Gasteiger partial charge in [0.05, 0.1) is 11.4 Å². The Hall–Kier alpha value is -2.49. The second-order valence-electron chi connectivity index (χ2n) is 6.83. The predicted octanol–water partition coefficient (Wildman–Crippen LogP) is 6.52. The lowest BCUT2D eigenvalue weighted by atomic mass is 10.1. The summed E-state index contributed by atoms with van der Waals surface area (Å²) >= 11 is 0. The van der Waals surface area contributed by atoms with Gasteiger partial charge >= 0.3 is 0 Å². The minimum Gasteiger partial charge on any atom is -0.283 e. The van der Waals surface area contributed by atoms with Gasteiger partial charge in [-0.15, -0.1) is 10.2 Å². The zero-order valence-electron chi connectivity index (χ0n) is 15.5. The Morgan fingerprint density at radius 3 is 2.52 bits per heavy atom. The molecule has 2 aromatic heterocycles. The zero-order valence-corrected chi connectivity index (χ0v) is 15.5. The third kappa shape index (κ3) is 3.78. The molecule has 0 saturated carbocycles. The summed E-state index contributed by atoms with van der Waals surface area (Å²) in [5.41, 5.74) is 5.31. The Balaban J connectivity index is 1.92. The fourth-order valence-electron chi connectivity index (χ4n) is 2.91. The number of fused-ring (bicyclic) bond motifs is 1. The third-order valence-electron chi connectivity index (χ3n) is 4.41. The number of aryl methyl sites for hydroxylation is 2. The molecule has 0 aliphatic rings. The van der Waals surface area contributed by atoms with E-state index < -0.39 is 0 Å². The molecule has 0 aliphatic carbocycles. The molecule has 0 radical (unpaired) electrons. The summed E-state index contributed by atoms with van der Waals surface area (Å²) in [7, 11) is 0. The van der Waals surface area contributed by atoms with Gasteiger partial charge in [0.1, 0.15) is 5.65 Å². The quantitative estimate of drug-likeness (QED) is 0.473. The number of nitrogens with zero attached hydrogens (tertiary/aromatic N) is 4. The predicted molar refractivity (Wildman–Crippen MR) is 103 cm³/mol. The molecule has 0 bridgehead atoms. The van der Waals surface area contributed by atoms with Crippen molar-refractivity contribution in [1.82, 2.24) is 9.38 Å². The summed E-state index contributed by atoms with van der Waals surface area (Å²) < 4.78 is 2.03. The Kier molecular flexibility index (Phi) is 5.27. The van der Waals surface area contributed by atoms with E-state index in [1.807, 2.05) is 28.8 Å². The first kappa shape index (κ1) is 17.3. The van der Waals surface area contributed by atoms with Gasteiger partial charge in [-0.3, -0.25) is 4.40 Å². The summed E-state index contributed by atoms with van der Waals surface area (Å²) in [5.74, 6) is 1.12. The average Bonchev–Trinajstić information content (AvgIpc) is 2.99. The van der Waals surface area contributed by atoms with E-state index in [2.05, 4.69) is 56.1 Å². The van der Waals surface area contributed by atoms with Crippen molar-refractivity contribution in [3.63, 3.8) is 0 Å². The van der Waals surface area contributed by atoms with Crippen LogP contribution in [-0.2, 0) is 6.42 Å². The van der Waals surface area contributed by atoms with Crippen LogP contribution in [0.3, 0.4) is 0 Å². The van der Waals surface area contributed by atoms with Crippen LogP contribution in [-0.4, -0.2) is 9.38 Å². The van der Waals surface area contributed by atoms with Crippen LogP contribution in [0.4, 0.5) is 11.5 Å². The zero-order chi connectivity index (χ0) is 17.8. The van der Waals surface area contributed by atoms with Crippen molar-refractivity contribution in [1.29, 1.82) is 0 Å². The van der Waals surface area contributed by atoms with Gasteiger partial charge in [0, 0.05) is 6.20 Å². The second kappa shape index (κ2) is 7.60.